The van der Waals surface area contributed by atoms with E-state index in [1.807, 2.05) is 30.3 Å². The van der Waals surface area contributed by atoms with Crippen LogP contribution >= 0.6 is 0 Å². The Morgan fingerprint density at radius 3 is 2.56 bits per heavy atom. The van der Waals surface area contributed by atoms with Gasteiger partial charge >= 0.3 is 6.09 Å². The highest BCUT2D eigenvalue weighted by Crippen LogP contribution is 2.18. The zero-order chi connectivity index (χ0) is 12.8. The number of amides is 1. The van der Waals surface area contributed by atoms with Gasteiger partial charge in [-0.15, -0.1) is 0 Å². The van der Waals surface area contributed by atoms with Crippen LogP contribution in [0.25, 0.3) is 0 Å². The predicted molar refractivity (Wildman–Crippen MR) is 68.0 cm³/mol. The maximum absolute atomic E-state index is 11.6. The maximum atomic E-state index is 11.6. The van der Waals surface area contributed by atoms with Crippen LogP contribution in [0.4, 0.5) is 4.79 Å². The molecule has 0 heterocycles. The van der Waals surface area contributed by atoms with Gasteiger partial charge in [-0.1, -0.05) is 30.3 Å². The van der Waals surface area contributed by atoms with Crippen LogP contribution in [-0.4, -0.2) is 23.3 Å². The molecule has 1 aromatic carbocycles. The van der Waals surface area contributed by atoms with E-state index < -0.39 is 0 Å². The molecular formula is C14H19NO3. The van der Waals surface area contributed by atoms with Gasteiger partial charge in [0.15, 0.2) is 0 Å². The smallest absolute Gasteiger partial charge is 0.407 e. The third kappa shape index (κ3) is 4.04. The number of hydrogen-bond donors (Lipinski definition) is 2. The van der Waals surface area contributed by atoms with Crippen molar-refractivity contribution >= 4 is 6.09 Å². The highest BCUT2D eigenvalue weighted by atomic mass is 16.5. The molecule has 0 aromatic heterocycles. The Morgan fingerprint density at radius 1 is 1.22 bits per heavy atom. The summed E-state index contributed by atoms with van der Waals surface area (Å²) in [5.41, 5.74) is 0.978. The fourth-order valence-electron chi connectivity index (χ4n) is 2.15. The summed E-state index contributed by atoms with van der Waals surface area (Å²) >= 11 is 0. The van der Waals surface area contributed by atoms with E-state index in [2.05, 4.69) is 5.32 Å². The first kappa shape index (κ1) is 12.9. The quantitative estimate of drug-likeness (QED) is 0.863. The van der Waals surface area contributed by atoms with E-state index in [1.54, 1.807) is 0 Å². The van der Waals surface area contributed by atoms with Gasteiger partial charge in [0.25, 0.3) is 0 Å². The summed E-state index contributed by atoms with van der Waals surface area (Å²) in [5, 5.41) is 12.2. The molecule has 0 spiro atoms. The Bertz CT molecular complexity index is 372. The van der Waals surface area contributed by atoms with Crippen LogP contribution in [0.2, 0.25) is 0 Å². The lowest BCUT2D eigenvalue weighted by Gasteiger charge is -2.25. The maximum Gasteiger partial charge on any atom is 0.407 e. The molecule has 1 aliphatic carbocycles. The van der Waals surface area contributed by atoms with Gasteiger partial charge in [0, 0.05) is 6.04 Å². The number of alkyl carbamates (subject to hydrolysis) is 1. The molecule has 0 aliphatic heterocycles. The second kappa shape index (κ2) is 6.40. The van der Waals surface area contributed by atoms with Crippen molar-refractivity contribution in [3.8, 4) is 0 Å². The summed E-state index contributed by atoms with van der Waals surface area (Å²) in [5.74, 6) is 0. The van der Waals surface area contributed by atoms with Gasteiger partial charge in [-0.2, -0.15) is 0 Å². The Morgan fingerprint density at radius 2 is 1.89 bits per heavy atom. The summed E-state index contributed by atoms with van der Waals surface area (Å²) in [6, 6.07) is 9.74. The average molecular weight is 249 g/mol. The van der Waals surface area contributed by atoms with Crippen molar-refractivity contribution in [2.45, 2.75) is 44.4 Å². The monoisotopic (exact) mass is 249 g/mol. The summed E-state index contributed by atoms with van der Waals surface area (Å²) in [6.07, 6.45) is 2.57. The van der Waals surface area contributed by atoms with E-state index in [4.69, 9.17) is 4.74 Å². The van der Waals surface area contributed by atoms with Crippen molar-refractivity contribution in [2.24, 2.45) is 0 Å². The highest BCUT2D eigenvalue weighted by Gasteiger charge is 2.21. The molecule has 1 amide bonds. The lowest BCUT2D eigenvalue weighted by molar-refractivity contribution is 0.104. The minimum atomic E-state index is -0.375. The van der Waals surface area contributed by atoms with Crippen LogP contribution in [0, 0.1) is 0 Å². The number of rotatable bonds is 3. The SMILES string of the molecule is O=C(N[C@H]1CC[C@@H](O)CC1)OCc1ccccc1. The van der Waals surface area contributed by atoms with Crippen molar-refractivity contribution in [3.05, 3.63) is 35.9 Å². The second-order valence-corrected chi connectivity index (χ2v) is 4.71. The molecule has 0 radical (unpaired) electrons. The number of aliphatic hydroxyl groups excluding tert-OH is 1. The van der Waals surface area contributed by atoms with E-state index in [1.165, 1.54) is 0 Å². The zero-order valence-corrected chi connectivity index (χ0v) is 10.3. The van der Waals surface area contributed by atoms with E-state index in [0.717, 1.165) is 31.2 Å². The van der Waals surface area contributed by atoms with Crippen LogP contribution in [0.5, 0.6) is 0 Å². The summed E-state index contributed by atoms with van der Waals surface area (Å²) in [4.78, 5) is 11.6. The van der Waals surface area contributed by atoms with Gasteiger partial charge in [-0.25, -0.2) is 4.79 Å². The number of aliphatic hydroxyl groups is 1. The van der Waals surface area contributed by atoms with E-state index >= 15 is 0 Å². The van der Waals surface area contributed by atoms with Gasteiger partial charge in [0.1, 0.15) is 6.61 Å². The molecule has 1 aliphatic rings. The molecule has 98 valence electrons. The molecular weight excluding hydrogens is 230 g/mol. The fraction of sp³-hybridized carbons (Fsp3) is 0.500. The Labute approximate surface area is 107 Å². The molecule has 1 saturated carbocycles. The Balaban J connectivity index is 1.69. The molecule has 2 rings (SSSR count). The third-order valence-electron chi connectivity index (χ3n) is 3.23. The van der Waals surface area contributed by atoms with Crippen molar-refractivity contribution in [1.29, 1.82) is 0 Å². The molecule has 4 heteroatoms. The summed E-state index contributed by atoms with van der Waals surface area (Å²) in [7, 11) is 0. The van der Waals surface area contributed by atoms with Crippen LogP contribution in [0.15, 0.2) is 30.3 Å². The molecule has 0 atom stereocenters. The van der Waals surface area contributed by atoms with Gasteiger partial charge < -0.3 is 15.2 Å². The van der Waals surface area contributed by atoms with Gasteiger partial charge in [0.2, 0.25) is 0 Å². The number of carbonyl (C=O) groups is 1. The van der Waals surface area contributed by atoms with Gasteiger partial charge in [0.05, 0.1) is 6.10 Å². The molecule has 2 N–H and O–H groups in total. The molecule has 0 unspecified atom stereocenters. The Hall–Kier alpha value is -1.55. The second-order valence-electron chi connectivity index (χ2n) is 4.71. The minimum Gasteiger partial charge on any atom is -0.445 e. The number of benzene rings is 1. The summed E-state index contributed by atoms with van der Waals surface area (Å²) in [6.45, 7) is 0.294. The zero-order valence-electron chi connectivity index (χ0n) is 10.3. The molecule has 1 fully saturated rings. The lowest BCUT2D eigenvalue weighted by Crippen LogP contribution is -2.38. The average Bonchev–Trinajstić information content (AvgIpc) is 2.40. The van der Waals surface area contributed by atoms with Crippen LogP contribution in [0.3, 0.4) is 0 Å². The number of ether oxygens (including phenoxy) is 1. The lowest BCUT2D eigenvalue weighted by atomic mass is 9.93. The molecule has 18 heavy (non-hydrogen) atoms. The summed E-state index contributed by atoms with van der Waals surface area (Å²) < 4.78 is 5.15. The van der Waals surface area contributed by atoms with Crippen LogP contribution in [-0.2, 0) is 11.3 Å². The molecule has 1 aromatic rings. The number of nitrogens with one attached hydrogen (secondary N) is 1. The first-order valence-corrected chi connectivity index (χ1v) is 6.39. The van der Waals surface area contributed by atoms with E-state index in [9.17, 15) is 9.90 Å². The fourth-order valence-corrected chi connectivity index (χ4v) is 2.15. The molecule has 0 saturated heterocycles. The van der Waals surface area contributed by atoms with Gasteiger partial charge in [-0.05, 0) is 31.2 Å². The molecule has 4 nitrogen and oxygen atoms in total. The first-order chi connectivity index (χ1) is 8.74. The standard InChI is InChI=1S/C14H19NO3/c16-13-8-6-12(7-9-13)15-14(17)18-10-11-4-2-1-3-5-11/h1-5,12-13,16H,6-10H2,(H,15,17)/t12-,13+. The minimum absolute atomic E-state index is 0.136. The number of carbonyl (C=O) groups excluding carboxylic acids is 1. The predicted octanol–water partition coefficient (Wildman–Crippen LogP) is 2.22. The van der Waals surface area contributed by atoms with Crippen LogP contribution in [0.1, 0.15) is 31.2 Å². The third-order valence-corrected chi connectivity index (χ3v) is 3.23. The first-order valence-electron chi connectivity index (χ1n) is 6.39. The number of hydrogen-bond acceptors (Lipinski definition) is 3. The topological polar surface area (TPSA) is 58.6 Å². The van der Waals surface area contributed by atoms with Crippen molar-refractivity contribution < 1.29 is 14.6 Å². The van der Waals surface area contributed by atoms with Crippen molar-refractivity contribution in [3.63, 3.8) is 0 Å². The van der Waals surface area contributed by atoms with Crippen LogP contribution < -0.4 is 5.32 Å². The van der Waals surface area contributed by atoms with Crippen molar-refractivity contribution in [1.82, 2.24) is 5.32 Å². The normalized spacial score (nSPS) is 23.4. The highest BCUT2D eigenvalue weighted by molar-refractivity contribution is 5.67. The largest absolute Gasteiger partial charge is 0.445 e. The van der Waals surface area contributed by atoms with Crippen molar-refractivity contribution in [2.75, 3.05) is 0 Å². The Kier molecular flexibility index (Phi) is 4.59. The van der Waals surface area contributed by atoms with Gasteiger partial charge in [-0.3, -0.25) is 0 Å². The van der Waals surface area contributed by atoms with E-state index in [-0.39, 0.29) is 18.2 Å². The van der Waals surface area contributed by atoms with E-state index in [0.29, 0.717) is 6.61 Å². The molecule has 0 bridgehead atoms.